The Bertz CT molecular complexity index is 1720. The van der Waals surface area contributed by atoms with E-state index in [1.165, 1.54) is 92.9 Å². The number of phenolic OH excluding ortho intramolecular Hbond substituents is 4. The molecule has 0 aromatic heterocycles. The summed E-state index contributed by atoms with van der Waals surface area (Å²) in [6, 6.07) is 21.9. The van der Waals surface area contributed by atoms with Gasteiger partial charge in [0, 0.05) is 5.92 Å². The van der Waals surface area contributed by atoms with Gasteiger partial charge < -0.3 is 20.4 Å². The van der Waals surface area contributed by atoms with Gasteiger partial charge in [0.25, 0.3) is 0 Å². The molecule has 0 heterocycles. The fourth-order valence-electron chi connectivity index (χ4n) is 10.0. The maximum Gasteiger partial charge on any atom is 0.119 e. The highest BCUT2D eigenvalue weighted by atomic mass is 16.3. The van der Waals surface area contributed by atoms with Crippen LogP contribution in [0.2, 0.25) is 0 Å². The lowest BCUT2D eigenvalue weighted by Gasteiger charge is -2.31. The summed E-state index contributed by atoms with van der Waals surface area (Å²) in [5, 5.41) is 42.2. The maximum atomic E-state index is 11.2. The molecule has 1 atom stereocenters. The van der Waals surface area contributed by atoms with Crippen LogP contribution in [0.1, 0.15) is 189 Å². The first-order valence-corrected chi connectivity index (χ1v) is 20.8. The normalized spacial score (nSPS) is 18.1. The van der Waals surface area contributed by atoms with E-state index < -0.39 is 0 Å². The molecule has 4 aromatic carbocycles. The van der Waals surface area contributed by atoms with Crippen LogP contribution >= 0.6 is 0 Å². The zero-order valence-electron chi connectivity index (χ0n) is 32.8. The van der Waals surface area contributed by atoms with Crippen LogP contribution < -0.4 is 0 Å². The Morgan fingerprint density at radius 3 is 1.15 bits per heavy atom. The van der Waals surface area contributed by atoms with Gasteiger partial charge in [-0.1, -0.05) is 101 Å². The number of hydrogen-bond acceptors (Lipinski definition) is 4. The van der Waals surface area contributed by atoms with Crippen molar-refractivity contribution in [2.75, 3.05) is 0 Å². The third-order valence-corrected chi connectivity index (χ3v) is 13.0. The number of para-hydroxylation sites is 1. The molecule has 0 bridgehead atoms. The van der Waals surface area contributed by atoms with Crippen molar-refractivity contribution in [2.24, 2.45) is 0 Å². The third-order valence-electron chi connectivity index (χ3n) is 13.0. The summed E-state index contributed by atoms with van der Waals surface area (Å²) in [5.41, 5.74) is 10.8. The van der Waals surface area contributed by atoms with Gasteiger partial charge in [-0.25, -0.2) is 0 Å². The molecule has 4 nitrogen and oxygen atoms in total. The highest BCUT2D eigenvalue weighted by molar-refractivity contribution is 5.53. The minimum absolute atomic E-state index is 0.132. The van der Waals surface area contributed by atoms with Crippen molar-refractivity contribution in [3.63, 3.8) is 0 Å². The Hall–Kier alpha value is -3.92. The Labute approximate surface area is 319 Å². The molecule has 1 unspecified atom stereocenters. The van der Waals surface area contributed by atoms with Crippen LogP contribution in [0.3, 0.4) is 0 Å². The Morgan fingerprint density at radius 2 is 0.811 bits per heavy atom. The largest absolute Gasteiger partial charge is 0.508 e. The summed E-state index contributed by atoms with van der Waals surface area (Å²) in [5.74, 6) is 3.39. The van der Waals surface area contributed by atoms with E-state index >= 15 is 0 Å². The molecule has 0 spiro atoms. The molecule has 4 N–H and O–H groups in total. The molecular weight excluding hydrogens is 653 g/mol. The van der Waals surface area contributed by atoms with E-state index in [2.05, 4.69) is 45.9 Å². The lowest BCUT2D eigenvalue weighted by molar-refractivity contribution is 0.412. The van der Waals surface area contributed by atoms with Gasteiger partial charge in [0.05, 0.1) is 0 Å². The second-order valence-corrected chi connectivity index (χ2v) is 16.8. The highest BCUT2D eigenvalue weighted by Gasteiger charge is 2.29. The lowest BCUT2D eigenvalue weighted by Crippen LogP contribution is -2.14. The van der Waals surface area contributed by atoms with Crippen LogP contribution in [-0.2, 0) is 0 Å². The quantitative estimate of drug-likeness (QED) is 0.146. The lowest BCUT2D eigenvalue weighted by atomic mass is 9.74. The monoisotopic (exact) mass is 716 g/mol. The highest BCUT2D eigenvalue weighted by Crippen LogP contribution is 2.47. The summed E-state index contributed by atoms with van der Waals surface area (Å²) in [4.78, 5) is 0. The fraction of sp³-hybridized carbons (Fsp3) is 0.510. The van der Waals surface area contributed by atoms with E-state index in [-0.39, 0.29) is 11.8 Å². The Kier molecular flexibility index (Phi) is 13.1. The topological polar surface area (TPSA) is 80.9 Å². The molecule has 0 aliphatic heterocycles. The van der Waals surface area contributed by atoms with Gasteiger partial charge in [0.15, 0.2) is 0 Å². The average Bonchev–Trinajstić information content (AvgIpc) is 3.16. The summed E-state index contributed by atoms with van der Waals surface area (Å²) < 4.78 is 0. The summed E-state index contributed by atoms with van der Waals surface area (Å²) in [6.07, 6.45) is 19.2. The van der Waals surface area contributed by atoms with Crippen LogP contribution in [0.25, 0.3) is 0 Å². The van der Waals surface area contributed by atoms with Crippen LogP contribution in [0.15, 0.2) is 66.7 Å². The minimum atomic E-state index is 0.132. The summed E-state index contributed by atoms with van der Waals surface area (Å²) in [7, 11) is 0. The molecule has 3 fully saturated rings. The second-order valence-electron chi connectivity index (χ2n) is 16.8. The molecule has 0 saturated heterocycles. The molecule has 3 aliphatic rings. The smallest absolute Gasteiger partial charge is 0.119 e. The number of hydrogen-bond donors (Lipinski definition) is 4. The van der Waals surface area contributed by atoms with Crippen LogP contribution in [0.5, 0.6) is 23.0 Å². The van der Waals surface area contributed by atoms with E-state index in [9.17, 15) is 15.3 Å². The van der Waals surface area contributed by atoms with Gasteiger partial charge in [0.2, 0.25) is 0 Å². The van der Waals surface area contributed by atoms with E-state index in [4.69, 9.17) is 5.11 Å². The van der Waals surface area contributed by atoms with E-state index in [0.29, 0.717) is 40.8 Å². The first-order chi connectivity index (χ1) is 25.6. The first kappa shape index (κ1) is 38.8. The number of rotatable bonds is 8. The van der Waals surface area contributed by atoms with Crippen molar-refractivity contribution in [1.82, 2.24) is 0 Å². The van der Waals surface area contributed by atoms with Gasteiger partial charge >= 0.3 is 0 Å². The fourth-order valence-corrected chi connectivity index (χ4v) is 10.0. The second kappa shape index (κ2) is 17.9. The Balaban J connectivity index is 0.000000616. The maximum absolute atomic E-state index is 11.2. The van der Waals surface area contributed by atoms with Crippen LogP contribution in [0.4, 0.5) is 0 Å². The SMILES string of the molecule is Cc1cc(O)c(C2CCCCC2)cc1C(C)CC(c1cc(C2CCCCC2)c(O)cc1C)c1cc(C2CCCCC2)c(O)cc1C.Oc1ccccc1. The molecule has 7 rings (SSSR count). The van der Waals surface area contributed by atoms with E-state index in [1.54, 1.807) is 24.3 Å². The number of phenols is 4. The van der Waals surface area contributed by atoms with Gasteiger partial charge in [0.1, 0.15) is 23.0 Å². The van der Waals surface area contributed by atoms with Crippen molar-refractivity contribution in [3.8, 4) is 23.0 Å². The zero-order valence-corrected chi connectivity index (χ0v) is 32.8. The van der Waals surface area contributed by atoms with Gasteiger partial charge in [-0.2, -0.15) is 0 Å². The molecule has 3 saturated carbocycles. The number of benzene rings is 4. The molecule has 4 aromatic rings. The van der Waals surface area contributed by atoms with Crippen molar-refractivity contribution < 1.29 is 20.4 Å². The predicted molar refractivity (Wildman–Crippen MR) is 219 cm³/mol. The van der Waals surface area contributed by atoms with Gasteiger partial charge in [-0.15, -0.1) is 0 Å². The zero-order chi connectivity index (χ0) is 37.5. The summed E-state index contributed by atoms with van der Waals surface area (Å²) >= 11 is 0. The molecule has 0 radical (unpaired) electrons. The molecule has 3 aliphatic carbocycles. The van der Waals surface area contributed by atoms with E-state index in [0.717, 1.165) is 59.9 Å². The van der Waals surface area contributed by atoms with Crippen LogP contribution in [-0.4, -0.2) is 20.4 Å². The summed E-state index contributed by atoms with van der Waals surface area (Å²) in [6.45, 7) is 8.86. The van der Waals surface area contributed by atoms with Crippen molar-refractivity contribution >= 4 is 0 Å². The minimum Gasteiger partial charge on any atom is -0.508 e. The standard InChI is InChI=1S/C43H58O3.C6H6O/c1-27(34-24-37(41(44)21-28(34)2)31-14-8-5-9-15-31)20-40(35-25-38(42(45)22-29(35)3)32-16-10-6-11-17-32)36-26-39(43(46)23-30(36)4)33-18-12-7-13-19-33;7-6-4-2-1-3-5-6/h21-27,31-33,40,44-46H,5-20H2,1-4H3;1-5,7H. The molecule has 0 amide bonds. The molecule has 284 valence electrons. The van der Waals surface area contributed by atoms with Crippen molar-refractivity contribution in [1.29, 1.82) is 0 Å². The molecule has 53 heavy (non-hydrogen) atoms. The first-order valence-electron chi connectivity index (χ1n) is 20.8. The van der Waals surface area contributed by atoms with Gasteiger partial charge in [-0.3, -0.25) is 0 Å². The van der Waals surface area contributed by atoms with Gasteiger partial charge in [-0.05, 0) is 170 Å². The molecular formula is C49H64O4. The molecule has 4 heteroatoms. The van der Waals surface area contributed by atoms with E-state index in [1.807, 2.05) is 24.3 Å². The Morgan fingerprint density at radius 1 is 0.472 bits per heavy atom. The van der Waals surface area contributed by atoms with Crippen LogP contribution in [0, 0.1) is 20.8 Å². The third kappa shape index (κ3) is 9.42. The van der Waals surface area contributed by atoms with Crippen molar-refractivity contribution in [2.45, 2.75) is 160 Å². The predicted octanol–water partition coefficient (Wildman–Crippen LogP) is 13.6. The van der Waals surface area contributed by atoms with Crippen molar-refractivity contribution in [3.05, 3.63) is 117 Å². The number of aryl methyl sites for hydroxylation is 3. The number of aromatic hydroxyl groups is 4. The average molecular weight is 717 g/mol.